The van der Waals surface area contributed by atoms with Gasteiger partial charge in [-0.3, -0.25) is 19.2 Å². The number of nitrogens with two attached hydrogens (primary N) is 2. The second-order valence-corrected chi connectivity index (χ2v) is 7.88. The maximum Gasteiger partial charge on any atom is 0.326 e. The van der Waals surface area contributed by atoms with Gasteiger partial charge in [-0.25, -0.2) is 14.8 Å². The quantitative estimate of drug-likeness (QED) is 0.113. The van der Waals surface area contributed by atoms with Crippen molar-refractivity contribution in [1.29, 1.82) is 0 Å². The second-order valence-electron chi connectivity index (χ2n) is 7.88. The Morgan fingerprint density at radius 2 is 1.36 bits per heavy atom. The first kappa shape index (κ1) is 27.9. The summed E-state index contributed by atoms with van der Waals surface area (Å²) < 4.78 is 0. The normalized spacial score (nSPS) is 14.2. The molecule has 196 valence electrons. The zero-order chi connectivity index (χ0) is 26.7. The van der Waals surface area contributed by atoms with Gasteiger partial charge in [0.1, 0.15) is 18.1 Å². The van der Waals surface area contributed by atoms with Gasteiger partial charge in [-0.15, -0.1) is 0 Å². The number of hydrogen-bond donors (Lipinski definition) is 9. The second kappa shape index (κ2) is 13.5. The number of imidazole rings is 2. The van der Waals surface area contributed by atoms with Crippen molar-refractivity contribution in [2.24, 2.45) is 11.5 Å². The zero-order valence-electron chi connectivity index (χ0n) is 19.1. The summed E-state index contributed by atoms with van der Waals surface area (Å²) in [4.78, 5) is 73.7. The number of aromatic nitrogens is 4. The minimum atomic E-state index is -1.48. The Balaban J connectivity index is 2.10. The van der Waals surface area contributed by atoms with E-state index in [1.54, 1.807) is 0 Å². The summed E-state index contributed by atoms with van der Waals surface area (Å²) >= 11 is 0. The van der Waals surface area contributed by atoms with Gasteiger partial charge in [0.2, 0.25) is 23.6 Å². The molecule has 0 saturated heterocycles. The minimum Gasteiger partial charge on any atom is -0.480 e. The van der Waals surface area contributed by atoms with E-state index in [0.29, 0.717) is 11.4 Å². The number of aromatic amines is 2. The Labute approximate surface area is 204 Å². The van der Waals surface area contributed by atoms with Crippen LogP contribution in [0.1, 0.15) is 24.2 Å². The molecule has 2 heterocycles. The minimum absolute atomic E-state index is 0.0707. The average Bonchev–Trinajstić information content (AvgIpc) is 3.54. The number of carbonyl (C=O) groups excluding carboxylic acids is 4. The molecule has 0 radical (unpaired) electrons. The Kier molecular flexibility index (Phi) is 10.5. The van der Waals surface area contributed by atoms with E-state index in [1.165, 1.54) is 25.0 Å². The van der Waals surface area contributed by atoms with Crippen molar-refractivity contribution >= 4 is 29.6 Å². The smallest absolute Gasteiger partial charge is 0.326 e. The number of aliphatic carboxylic acids is 1. The molecule has 0 bridgehead atoms. The number of carboxylic acid groups (broad SMARTS) is 1. The van der Waals surface area contributed by atoms with Crippen molar-refractivity contribution in [3.05, 3.63) is 36.4 Å². The van der Waals surface area contributed by atoms with E-state index in [4.69, 9.17) is 11.5 Å². The SMILES string of the molecule is NC(=O)CCC(N)C(=O)NC(CO)C(=O)NC(Cc1cnc[nH]1)C(=O)NC(Cc1cnc[nH]1)C(=O)O. The Morgan fingerprint density at radius 1 is 0.861 bits per heavy atom. The maximum atomic E-state index is 13.0. The number of primary amides is 1. The third-order valence-electron chi connectivity index (χ3n) is 5.06. The molecule has 0 aliphatic heterocycles. The van der Waals surface area contributed by atoms with Crippen molar-refractivity contribution in [3.8, 4) is 0 Å². The van der Waals surface area contributed by atoms with Gasteiger partial charge >= 0.3 is 5.97 Å². The molecule has 2 aromatic heterocycles. The summed E-state index contributed by atoms with van der Waals surface area (Å²) in [6.45, 7) is -0.823. The van der Waals surface area contributed by atoms with Crippen LogP contribution in [0, 0.1) is 0 Å². The first-order valence-electron chi connectivity index (χ1n) is 10.8. The third kappa shape index (κ3) is 8.80. The van der Waals surface area contributed by atoms with E-state index < -0.39 is 60.4 Å². The third-order valence-corrected chi connectivity index (χ3v) is 5.06. The Bertz CT molecular complexity index is 1030. The van der Waals surface area contributed by atoms with Crippen LogP contribution in [0.4, 0.5) is 0 Å². The van der Waals surface area contributed by atoms with Gasteiger partial charge in [-0.1, -0.05) is 0 Å². The lowest BCUT2D eigenvalue weighted by Crippen LogP contribution is -2.58. The summed E-state index contributed by atoms with van der Waals surface area (Å²) in [6.07, 6.45) is 5.12. The van der Waals surface area contributed by atoms with E-state index in [0.717, 1.165) is 0 Å². The topological polar surface area (TPSA) is 271 Å². The van der Waals surface area contributed by atoms with Crippen LogP contribution in [-0.2, 0) is 36.8 Å². The van der Waals surface area contributed by atoms with Crippen LogP contribution in [-0.4, -0.2) is 90.5 Å². The van der Waals surface area contributed by atoms with Crippen LogP contribution in [0.3, 0.4) is 0 Å². The molecular formula is C20H29N9O7. The number of aliphatic hydroxyl groups excluding tert-OH is 1. The molecular weight excluding hydrogens is 478 g/mol. The van der Waals surface area contributed by atoms with Crippen LogP contribution in [0.5, 0.6) is 0 Å². The highest BCUT2D eigenvalue weighted by molar-refractivity contribution is 5.94. The number of carboxylic acids is 1. The summed E-state index contributed by atoms with van der Waals surface area (Å²) in [5.74, 6) is -4.53. The first-order valence-corrected chi connectivity index (χ1v) is 10.8. The number of aliphatic hydroxyl groups is 1. The van der Waals surface area contributed by atoms with Gasteiger partial charge in [-0.2, -0.15) is 0 Å². The zero-order valence-corrected chi connectivity index (χ0v) is 19.1. The predicted molar refractivity (Wildman–Crippen MR) is 122 cm³/mol. The highest BCUT2D eigenvalue weighted by atomic mass is 16.4. The number of H-pyrrole nitrogens is 2. The van der Waals surface area contributed by atoms with Gasteiger partial charge in [0.05, 0.1) is 25.3 Å². The van der Waals surface area contributed by atoms with E-state index in [2.05, 4.69) is 35.9 Å². The molecule has 2 aromatic rings. The van der Waals surface area contributed by atoms with Crippen molar-refractivity contribution in [2.75, 3.05) is 6.61 Å². The van der Waals surface area contributed by atoms with Crippen LogP contribution in [0.25, 0.3) is 0 Å². The van der Waals surface area contributed by atoms with E-state index >= 15 is 0 Å². The molecule has 0 aliphatic carbocycles. The van der Waals surface area contributed by atoms with Crippen LogP contribution in [0.15, 0.2) is 25.0 Å². The van der Waals surface area contributed by atoms with Gasteiger partial charge in [-0.05, 0) is 6.42 Å². The van der Waals surface area contributed by atoms with Crippen molar-refractivity contribution in [3.63, 3.8) is 0 Å². The largest absolute Gasteiger partial charge is 0.480 e. The van der Waals surface area contributed by atoms with E-state index in [-0.39, 0.29) is 25.7 Å². The first-order chi connectivity index (χ1) is 17.1. The van der Waals surface area contributed by atoms with E-state index in [1.807, 2.05) is 0 Å². The number of rotatable bonds is 15. The van der Waals surface area contributed by atoms with Crippen LogP contribution < -0.4 is 27.4 Å². The van der Waals surface area contributed by atoms with Crippen LogP contribution in [0.2, 0.25) is 0 Å². The monoisotopic (exact) mass is 507 g/mol. The fourth-order valence-electron chi connectivity index (χ4n) is 3.09. The molecule has 0 aromatic carbocycles. The average molecular weight is 508 g/mol. The van der Waals surface area contributed by atoms with Crippen molar-refractivity contribution < 1.29 is 34.2 Å². The number of hydrogen-bond acceptors (Lipinski definition) is 9. The summed E-state index contributed by atoms with van der Waals surface area (Å²) in [6, 6.07) is -5.27. The molecule has 0 saturated carbocycles. The van der Waals surface area contributed by atoms with Crippen LogP contribution >= 0.6 is 0 Å². The standard InChI is InChI=1S/C20H29N9O7/c21-12(1-2-16(22)31)17(32)29-15(7-30)19(34)27-13(3-10-5-23-8-25-10)18(33)28-14(20(35)36)4-11-6-24-9-26-11/h5-6,8-9,12-15,30H,1-4,7,21H2,(H2,22,31)(H,23,25)(H,24,26)(H,27,34)(H,28,33)(H,29,32)(H,35,36). The molecule has 16 heteroatoms. The van der Waals surface area contributed by atoms with Gasteiger partial charge in [0, 0.05) is 43.0 Å². The predicted octanol–water partition coefficient (Wildman–Crippen LogP) is -3.96. The summed E-state index contributed by atoms with van der Waals surface area (Å²) in [7, 11) is 0. The number of amides is 4. The molecule has 4 atom stereocenters. The highest BCUT2D eigenvalue weighted by Gasteiger charge is 2.31. The molecule has 0 fully saturated rings. The summed E-state index contributed by atoms with van der Waals surface area (Å²) in [5.41, 5.74) is 11.6. The number of nitrogens with one attached hydrogen (secondary N) is 5. The lowest BCUT2D eigenvalue weighted by atomic mass is 10.1. The van der Waals surface area contributed by atoms with E-state index in [9.17, 15) is 34.2 Å². The molecule has 0 aliphatic rings. The van der Waals surface area contributed by atoms with Gasteiger partial charge < -0.3 is 47.6 Å². The maximum absolute atomic E-state index is 13.0. The molecule has 4 unspecified atom stereocenters. The molecule has 36 heavy (non-hydrogen) atoms. The number of carbonyl (C=O) groups is 5. The lowest BCUT2D eigenvalue weighted by molar-refractivity contribution is -0.142. The fourth-order valence-corrected chi connectivity index (χ4v) is 3.09. The Hall–Kier alpha value is -4.31. The molecule has 2 rings (SSSR count). The molecule has 0 spiro atoms. The molecule has 4 amide bonds. The highest BCUT2D eigenvalue weighted by Crippen LogP contribution is 2.04. The fraction of sp³-hybridized carbons (Fsp3) is 0.450. The Morgan fingerprint density at radius 3 is 1.83 bits per heavy atom. The number of nitrogens with zero attached hydrogens (tertiary/aromatic N) is 2. The van der Waals surface area contributed by atoms with Gasteiger partial charge in [0.15, 0.2) is 0 Å². The molecule has 16 nitrogen and oxygen atoms in total. The lowest BCUT2D eigenvalue weighted by Gasteiger charge is -2.24. The van der Waals surface area contributed by atoms with Crippen molar-refractivity contribution in [2.45, 2.75) is 49.9 Å². The molecule has 11 N–H and O–H groups in total. The van der Waals surface area contributed by atoms with Gasteiger partial charge in [0.25, 0.3) is 0 Å². The summed E-state index contributed by atoms with van der Waals surface area (Å²) in [5, 5.41) is 26.2. The van der Waals surface area contributed by atoms with Crippen molar-refractivity contribution in [1.82, 2.24) is 35.9 Å².